The van der Waals surface area contributed by atoms with Crippen LogP contribution < -0.4 is 5.19 Å². The van der Waals surface area contributed by atoms with E-state index in [4.69, 9.17) is 12.6 Å². The first-order valence-corrected chi connectivity index (χ1v) is 11.7. The number of hydrogen-bond donors (Lipinski definition) is 1. The minimum absolute atomic E-state index is 0.135. The zero-order chi connectivity index (χ0) is 16.5. The second-order valence-corrected chi connectivity index (χ2v) is 13.1. The van der Waals surface area contributed by atoms with Crippen LogP contribution in [-0.4, -0.2) is 8.07 Å². The first-order chi connectivity index (χ1) is 10.1. The normalized spacial score (nSPS) is 12.5. The van der Waals surface area contributed by atoms with Crippen molar-refractivity contribution in [3.05, 3.63) is 59.2 Å². The van der Waals surface area contributed by atoms with Gasteiger partial charge < -0.3 is 0 Å². The zero-order valence-corrected chi connectivity index (χ0v) is 16.6. The van der Waals surface area contributed by atoms with Crippen LogP contribution in [0.25, 0.3) is 0 Å². The van der Waals surface area contributed by atoms with E-state index in [1.165, 1.54) is 27.9 Å². The Morgan fingerprint density at radius 3 is 2.14 bits per heavy atom. The maximum Gasteiger partial charge on any atom is 0.0849 e. The molecular formula is C20H28SSi. The van der Waals surface area contributed by atoms with Crippen molar-refractivity contribution in [2.45, 2.75) is 57.1 Å². The third-order valence-electron chi connectivity index (χ3n) is 4.37. The Labute approximate surface area is 142 Å². The molecule has 2 aromatic carbocycles. The molecule has 0 bridgehead atoms. The molecule has 0 nitrogen and oxygen atoms in total. The molecule has 0 radical (unpaired) electrons. The van der Waals surface area contributed by atoms with Crippen LogP contribution in [-0.2, 0) is 11.5 Å². The van der Waals surface area contributed by atoms with Gasteiger partial charge in [-0.3, -0.25) is 0 Å². The van der Waals surface area contributed by atoms with E-state index < -0.39 is 8.07 Å². The average molecular weight is 329 g/mol. The van der Waals surface area contributed by atoms with Crippen LogP contribution in [0.4, 0.5) is 0 Å². The highest BCUT2D eigenvalue weighted by Gasteiger charge is 2.25. The van der Waals surface area contributed by atoms with Crippen molar-refractivity contribution >= 4 is 25.9 Å². The topological polar surface area (TPSA) is 0 Å². The highest BCUT2D eigenvalue weighted by molar-refractivity contribution is 7.80. The Kier molecular flexibility index (Phi) is 4.93. The first kappa shape index (κ1) is 17.4. The average Bonchev–Trinajstić information content (AvgIpc) is 2.42. The third-order valence-corrected chi connectivity index (χ3v) is 8.15. The smallest absolute Gasteiger partial charge is 0.0849 e. The van der Waals surface area contributed by atoms with Crippen molar-refractivity contribution in [2.75, 3.05) is 0 Å². The first-order valence-electron chi connectivity index (χ1n) is 8.00. The van der Waals surface area contributed by atoms with Crippen molar-refractivity contribution in [1.29, 1.82) is 0 Å². The molecule has 0 atom stereocenters. The van der Waals surface area contributed by atoms with Crippen molar-refractivity contribution in [3.63, 3.8) is 0 Å². The fraction of sp³-hybridized carbons (Fsp3) is 0.400. The predicted molar refractivity (Wildman–Crippen MR) is 104 cm³/mol. The Morgan fingerprint density at radius 1 is 1.00 bits per heavy atom. The van der Waals surface area contributed by atoms with Gasteiger partial charge in [-0.05, 0) is 35.1 Å². The highest BCUT2D eigenvalue weighted by atomic mass is 32.1. The fourth-order valence-corrected chi connectivity index (χ4v) is 6.02. The van der Waals surface area contributed by atoms with E-state index in [0.717, 1.165) is 4.90 Å². The molecular weight excluding hydrogens is 300 g/mol. The molecule has 0 aliphatic heterocycles. The van der Waals surface area contributed by atoms with E-state index in [1.54, 1.807) is 0 Å². The van der Waals surface area contributed by atoms with Crippen LogP contribution in [0.2, 0.25) is 13.1 Å². The molecule has 0 heterocycles. The Hall–Kier alpha value is -0.993. The molecule has 2 heteroatoms. The summed E-state index contributed by atoms with van der Waals surface area (Å²) in [6, 6.07) is 16.9. The van der Waals surface area contributed by atoms with E-state index in [9.17, 15) is 0 Å². The van der Waals surface area contributed by atoms with E-state index in [2.05, 4.69) is 83.3 Å². The molecule has 0 fully saturated rings. The summed E-state index contributed by atoms with van der Waals surface area (Å²) in [5.41, 5.74) is 4.25. The molecule has 22 heavy (non-hydrogen) atoms. The standard InChI is InChI=1S/C20H28SSi/c1-15-12-16(13-18(19(15)21)20(2,3)4)14-22(5,6)17-10-8-7-9-11-17/h7-13,21H,14H2,1-6H3. The molecule has 2 rings (SSSR count). The minimum atomic E-state index is -1.47. The van der Waals surface area contributed by atoms with Gasteiger partial charge in [-0.25, -0.2) is 0 Å². The molecule has 2 aromatic rings. The van der Waals surface area contributed by atoms with Gasteiger partial charge in [0.2, 0.25) is 0 Å². The number of rotatable bonds is 3. The van der Waals surface area contributed by atoms with Crippen LogP contribution in [0.5, 0.6) is 0 Å². The van der Waals surface area contributed by atoms with Crippen molar-refractivity contribution in [2.24, 2.45) is 0 Å². The van der Waals surface area contributed by atoms with E-state index in [-0.39, 0.29) is 5.41 Å². The Balaban J connectivity index is 2.40. The van der Waals surface area contributed by atoms with Crippen molar-refractivity contribution in [3.8, 4) is 0 Å². The van der Waals surface area contributed by atoms with Crippen LogP contribution in [0.15, 0.2) is 47.4 Å². The maximum atomic E-state index is 4.74. The van der Waals surface area contributed by atoms with Crippen molar-refractivity contribution < 1.29 is 0 Å². The van der Waals surface area contributed by atoms with Gasteiger partial charge in [-0.2, -0.15) is 0 Å². The number of aryl methyl sites for hydroxylation is 1. The summed E-state index contributed by atoms with van der Waals surface area (Å²) in [5.74, 6) is 0. The highest BCUT2D eigenvalue weighted by Crippen LogP contribution is 2.32. The summed E-state index contributed by atoms with van der Waals surface area (Å²) in [7, 11) is -1.47. The van der Waals surface area contributed by atoms with Crippen LogP contribution in [0, 0.1) is 6.92 Å². The molecule has 0 saturated carbocycles. The largest absolute Gasteiger partial charge is 0.143 e. The molecule has 118 valence electrons. The second-order valence-electron chi connectivity index (χ2n) is 7.99. The van der Waals surface area contributed by atoms with Gasteiger partial charge in [0.25, 0.3) is 0 Å². The lowest BCUT2D eigenvalue weighted by molar-refractivity contribution is 0.576. The third kappa shape index (κ3) is 3.85. The molecule has 0 spiro atoms. The Bertz CT molecular complexity index is 651. The summed E-state index contributed by atoms with van der Waals surface area (Å²) < 4.78 is 0. The monoisotopic (exact) mass is 328 g/mol. The molecule has 0 aromatic heterocycles. The van der Waals surface area contributed by atoms with Gasteiger partial charge in [0.1, 0.15) is 0 Å². The van der Waals surface area contributed by atoms with Crippen LogP contribution >= 0.6 is 12.6 Å². The van der Waals surface area contributed by atoms with E-state index >= 15 is 0 Å². The van der Waals surface area contributed by atoms with Gasteiger partial charge >= 0.3 is 0 Å². The summed E-state index contributed by atoms with van der Waals surface area (Å²) in [4.78, 5) is 1.15. The summed E-state index contributed by atoms with van der Waals surface area (Å²) in [5, 5.41) is 1.53. The maximum absolute atomic E-state index is 4.74. The molecule has 0 N–H and O–H groups in total. The lowest BCUT2D eigenvalue weighted by Crippen LogP contribution is -2.43. The van der Waals surface area contributed by atoms with Gasteiger partial charge in [-0.15, -0.1) is 12.6 Å². The molecule has 0 saturated heterocycles. The summed E-state index contributed by atoms with van der Waals surface area (Å²) in [6.45, 7) is 13.9. The summed E-state index contributed by atoms with van der Waals surface area (Å²) >= 11 is 4.74. The summed E-state index contributed by atoms with van der Waals surface area (Å²) in [6.07, 6.45) is 0. The predicted octanol–water partition coefficient (Wildman–Crippen LogP) is 5.28. The number of benzene rings is 2. The van der Waals surface area contributed by atoms with Gasteiger partial charge in [-0.1, -0.05) is 81.5 Å². The Morgan fingerprint density at radius 2 is 1.59 bits per heavy atom. The van der Waals surface area contributed by atoms with Gasteiger partial charge in [0.15, 0.2) is 0 Å². The fourth-order valence-electron chi connectivity index (χ4n) is 3.03. The van der Waals surface area contributed by atoms with Crippen LogP contribution in [0.1, 0.15) is 37.5 Å². The minimum Gasteiger partial charge on any atom is -0.143 e. The van der Waals surface area contributed by atoms with Gasteiger partial charge in [0.05, 0.1) is 8.07 Å². The van der Waals surface area contributed by atoms with Crippen LogP contribution in [0.3, 0.4) is 0 Å². The zero-order valence-electron chi connectivity index (χ0n) is 14.7. The molecule has 0 aliphatic rings. The second kappa shape index (κ2) is 6.25. The quantitative estimate of drug-likeness (QED) is 0.575. The molecule has 0 aliphatic carbocycles. The number of hydrogen-bond acceptors (Lipinski definition) is 1. The number of thiol groups is 1. The van der Waals surface area contributed by atoms with Gasteiger partial charge in [0, 0.05) is 4.90 Å². The molecule has 0 unspecified atom stereocenters. The van der Waals surface area contributed by atoms with Crippen molar-refractivity contribution in [1.82, 2.24) is 0 Å². The lowest BCUT2D eigenvalue weighted by atomic mass is 9.85. The SMILES string of the molecule is Cc1cc(C[Si](C)(C)c2ccccc2)cc(C(C)(C)C)c1S. The lowest BCUT2D eigenvalue weighted by Gasteiger charge is -2.27. The van der Waals surface area contributed by atoms with E-state index in [0.29, 0.717) is 0 Å². The van der Waals surface area contributed by atoms with E-state index in [1.807, 2.05) is 0 Å². The molecule has 0 amide bonds.